The van der Waals surface area contributed by atoms with Gasteiger partial charge in [-0.3, -0.25) is 0 Å². The third-order valence-corrected chi connectivity index (χ3v) is 17.2. The van der Waals surface area contributed by atoms with Gasteiger partial charge in [0, 0.05) is 27.9 Å². The molecule has 0 N–H and O–H groups in total. The standard InChI is InChI=1S/C54H36BNO2Si/c1-5-19-37(20-6-1)52-48(36-51-53-54(52)58-50-32-18-15-29-45(50)55(53)44-28-14-17-31-49(44)57-51)56-46-30-16-13-27-42(46)43-35-41(33-34-47(43)56)59(38-21-7-2-8-22-38,39-23-9-3-10-24-39)40-25-11-4-12-26-40/h1-36H. The zero-order chi connectivity index (χ0) is 38.9. The van der Waals surface area contributed by atoms with E-state index in [1.165, 1.54) is 31.5 Å². The molecule has 12 rings (SSSR count). The van der Waals surface area contributed by atoms with Crippen LogP contribution in [0, 0.1) is 0 Å². The van der Waals surface area contributed by atoms with E-state index in [1.54, 1.807) is 0 Å². The average Bonchev–Trinajstić information content (AvgIpc) is 3.64. The first-order valence-electron chi connectivity index (χ1n) is 20.3. The number of hydrogen-bond donors (Lipinski definition) is 0. The summed E-state index contributed by atoms with van der Waals surface area (Å²) in [4.78, 5) is 0. The molecule has 0 unspecified atom stereocenters. The summed E-state index contributed by atoms with van der Waals surface area (Å²) in [5.74, 6) is 3.41. The van der Waals surface area contributed by atoms with Gasteiger partial charge in [0.1, 0.15) is 23.0 Å². The highest BCUT2D eigenvalue weighted by Gasteiger charge is 2.44. The summed E-state index contributed by atoms with van der Waals surface area (Å²) in [7, 11) is -2.79. The Bertz CT molecular complexity index is 3110. The monoisotopic (exact) mass is 769 g/mol. The van der Waals surface area contributed by atoms with Crippen LogP contribution in [0.1, 0.15) is 0 Å². The molecule has 2 aliphatic heterocycles. The van der Waals surface area contributed by atoms with Gasteiger partial charge in [-0.2, -0.15) is 0 Å². The lowest BCUT2D eigenvalue weighted by Gasteiger charge is -2.35. The molecule has 59 heavy (non-hydrogen) atoms. The van der Waals surface area contributed by atoms with Gasteiger partial charge < -0.3 is 14.0 Å². The molecule has 0 saturated carbocycles. The lowest BCUT2D eigenvalue weighted by atomic mass is 9.34. The zero-order valence-electron chi connectivity index (χ0n) is 32.1. The van der Waals surface area contributed by atoms with Crippen molar-refractivity contribution < 1.29 is 9.47 Å². The van der Waals surface area contributed by atoms with Gasteiger partial charge in [-0.1, -0.05) is 188 Å². The van der Waals surface area contributed by atoms with Crippen molar-refractivity contribution in [3.63, 3.8) is 0 Å². The van der Waals surface area contributed by atoms with Crippen molar-refractivity contribution in [3.8, 4) is 39.8 Å². The third-order valence-electron chi connectivity index (χ3n) is 12.5. The first kappa shape index (κ1) is 33.8. The van der Waals surface area contributed by atoms with E-state index in [0.717, 1.165) is 67.2 Å². The highest BCUT2D eigenvalue weighted by molar-refractivity contribution is 7.20. The van der Waals surface area contributed by atoms with Gasteiger partial charge in [0.25, 0.3) is 6.71 Å². The van der Waals surface area contributed by atoms with Crippen LogP contribution in [-0.4, -0.2) is 19.4 Å². The van der Waals surface area contributed by atoms with Crippen LogP contribution in [-0.2, 0) is 0 Å². The van der Waals surface area contributed by atoms with E-state index in [4.69, 9.17) is 9.47 Å². The van der Waals surface area contributed by atoms with Crippen LogP contribution in [0.15, 0.2) is 218 Å². The van der Waals surface area contributed by atoms with E-state index < -0.39 is 8.07 Å². The minimum absolute atomic E-state index is 0.0286. The predicted molar refractivity (Wildman–Crippen MR) is 248 cm³/mol. The Morgan fingerprint density at radius 1 is 0.390 bits per heavy atom. The van der Waals surface area contributed by atoms with E-state index in [0.29, 0.717) is 0 Å². The summed E-state index contributed by atoms with van der Waals surface area (Å²) in [5.41, 5.74) is 8.76. The first-order valence-corrected chi connectivity index (χ1v) is 22.3. The van der Waals surface area contributed by atoms with Crippen molar-refractivity contribution in [2.45, 2.75) is 0 Å². The van der Waals surface area contributed by atoms with Crippen LogP contribution >= 0.6 is 0 Å². The van der Waals surface area contributed by atoms with E-state index in [2.05, 4.69) is 223 Å². The van der Waals surface area contributed by atoms with Crippen molar-refractivity contribution in [2.24, 2.45) is 0 Å². The predicted octanol–water partition coefficient (Wildman–Crippen LogP) is 8.56. The van der Waals surface area contributed by atoms with Gasteiger partial charge >= 0.3 is 0 Å². The molecular weight excluding hydrogens is 733 g/mol. The molecule has 10 aromatic rings. The second-order valence-corrected chi connectivity index (χ2v) is 19.3. The molecule has 0 fully saturated rings. The Labute approximate surface area is 344 Å². The van der Waals surface area contributed by atoms with Crippen LogP contribution < -0.4 is 46.6 Å². The van der Waals surface area contributed by atoms with Crippen LogP contribution in [0.3, 0.4) is 0 Å². The Morgan fingerprint density at radius 2 is 0.898 bits per heavy atom. The van der Waals surface area contributed by atoms with Crippen molar-refractivity contribution in [1.29, 1.82) is 0 Å². The molecule has 9 aromatic carbocycles. The molecule has 1 aromatic heterocycles. The second kappa shape index (κ2) is 13.4. The van der Waals surface area contributed by atoms with Crippen molar-refractivity contribution >= 4 is 73.7 Å². The summed E-state index contributed by atoms with van der Waals surface area (Å²) >= 11 is 0. The fourth-order valence-electron chi connectivity index (χ4n) is 10.0. The topological polar surface area (TPSA) is 23.4 Å². The first-order chi connectivity index (χ1) is 29.3. The average molecular weight is 770 g/mol. The molecule has 0 spiro atoms. The van der Waals surface area contributed by atoms with Gasteiger partial charge in [0.15, 0.2) is 8.07 Å². The molecule has 5 heteroatoms. The maximum absolute atomic E-state index is 7.11. The Hall–Kier alpha value is -7.34. The molecule has 0 bridgehead atoms. The Balaban J connectivity index is 1.18. The molecule has 0 radical (unpaired) electrons. The third kappa shape index (κ3) is 5.02. The van der Waals surface area contributed by atoms with E-state index in [9.17, 15) is 0 Å². The minimum Gasteiger partial charge on any atom is -0.458 e. The number of nitrogens with zero attached hydrogens (tertiary/aromatic N) is 1. The zero-order valence-corrected chi connectivity index (χ0v) is 33.1. The SMILES string of the molecule is c1ccc(-c2c(-n3c4ccccc4c4cc([Si](c5ccccc5)(c5ccccc5)c5ccccc5)ccc43)cc3c4c2Oc2ccccc2B4c2ccccc2O3)cc1. The Morgan fingerprint density at radius 3 is 1.53 bits per heavy atom. The molecule has 0 atom stereocenters. The number of hydrogen-bond acceptors (Lipinski definition) is 2. The lowest BCUT2D eigenvalue weighted by Crippen LogP contribution is -2.74. The number of aromatic nitrogens is 1. The summed E-state index contributed by atoms with van der Waals surface area (Å²) < 4.78 is 16.5. The maximum Gasteiger partial charge on any atom is 0.260 e. The molecule has 0 saturated heterocycles. The van der Waals surface area contributed by atoms with E-state index in [-0.39, 0.29) is 6.71 Å². The van der Waals surface area contributed by atoms with Crippen LogP contribution in [0.4, 0.5) is 0 Å². The van der Waals surface area contributed by atoms with Crippen molar-refractivity contribution in [2.75, 3.05) is 0 Å². The van der Waals surface area contributed by atoms with E-state index in [1.807, 2.05) is 0 Å². The number of fused-ring (bicyclic) bond motifs is 7. The summed E-state index contributed by atoms with van der Waals surface area (Å²) in [6.07, 6.45) is 0. The van der Waals surface area contributed by atoms with Gasteiger partial charge in [-0.05, 0) is 61.5 Å². The van der Waals surface area contributed by atoms with Crippen LogP contribution in [0.2, 0.25) is 0 Å². The summed E-state index contributed by atoms with van der Waals surface area (Å²) in [6, 6.07) is 79.4. The number of benzene rings is 9. The second-order valence-electron chi connectivity index (χ2n) is 15.5. The summed E-state index contributed by atoms with van der Waals surface area (Å²) in [5, 5.41) is 7.80. The molecule has 0 amide bonds. The smallest absolute Gasteiger partial charge is 0.260 e. The van der Waals surface area contributed by atoms with Crippen molar-refractivity contribution in [1.82, 2.24) is 4.57 Å². The van der Waals surface area contributed by atoms with Crippen molar-refractivity contribution in [3.05, 3.63) is 218 Å². The molecule has 3 nitrogen and oxygen atoms in total. The molecule has 276 valence electrons. The summed E-state index contributed by atoms with van der Waals surface area (Å²) in [6.45, 7) is -0.0286. The molecular formula is C54H36BNO2Si. The normalized spacial score (nSPS) is 12.6. The number of rotatable bonds is 6. The number of ether oxygens (including phenoxy) is 2. The maximum atomic E-state index is 7.11. The van der Waals surface area contributed by atoms with Gasteiger partial charge in [-0.25, -0.2) is 0 Å². The van der Waals surface area contributed by atoms with Gasteiger partial charge in [0.2, 0.25) is 0 Å². The highest BCUT2D eigenvalue weighted by atomic mass is 28.3. The lowest BCUT2D eigenvalue weighted by molar-refractivity contribution is 0.465. The Kier molecular flexibility index (Phi) is 7.65. The molecule has 2 aliphatic rings. The van der Waals surface area contributed by atoms with Gasteiger partial charge in [-0.15, -0.1) is 0 Å². The number of para-hydroxylation sites is 3. The minimum atomic E-state index is -2.79. The fourth-order valence-corrected chi connectivity index (χ4v) is 14.8. The quantitative estimate of drug-likeness (QED) is 0.125. The van der Waals surface area contributed by atoms with Gasteiger partial charge in [0.05, 0.1) is 16.7 Å². The fraction of sp³-hybridized carbons (Fsp3) is 0. The molecule has 0 aliphatic carbocycles. The van der Waals surface area contributed by atoms with Crippen LogP contribution in [0.5, 0.6) is 23.0 Å². The molecule has 3 heterocycles. The van der Waals surface area contributed by atoms with Crippen LogP contribution in [0.25, 0.3) is 38.6 Å². The largest absolute Gasteiger partial charge is 0.458 e. The highest BCUT2D eigenvalue weighted by Crippen LogP contribution is 2.46. The van der Waals surface area contributed by atoms with E-state index >= 15 is 0 Å².